The van der Waals surface area contributed by atoms with Crippen molar-refractivity contribution in [3.8, 4) is 0 Å². The van der Waals surface area contributed by atoms with Crippen LogP contribution in [0.25, 0.3) is 0 Å². The molecule has 0 aliphatic rings. The fraction of sp³-hybridized carbons (Fsp3) is 0.200. The van der Waals surface area contributed by atoms with Gasteiger partial charge in [0.1, 0.15) is 5.69 Å². The molecule has 0 atom stereocenters. The Morgan fingerprint density at radius 2 is 1.76 bits per heavy atom. The van der Waals surface area contributed by atoms with Crippen LogP contribution in [0, 0.1) is 0 Å². The van der Waals surface area contributed by atoms with Crippen molar-refractivity contribution in [2.24, 2.45) is 0 Å². The van der Waals surface area contributed by atoms with Crippen LogP contribution in [0.4, 0.5) is 13.2 Å². The molecule has 0 bridgehead atoms. The smallest absolute Gasteiger partial charge is 0.352 e. The number of hydrogen-bond donors (Lipinski definition) is 1. The molecule has 2 aromatic rings. The maximum Gasteiger partial charge on any atom is 0.433 e. The van der Waals surface area contributed by atoms with E-state index in [1.165, 1.54) is 12.1 Å². The van der Waals surface area contributed by atoms with Gasteiger partial charge in [-0.05, 0) is 24.3 Å². The van der Waals surface area contributed by atoms with E-state index < -0.39 is 11.9 Å². The Morgan fingerprint density at radius 3 is 2.43 bits per heavy atom. The summed E-state index contributed by atoms with van der Waals surface area (Å²) >= 11 is 0. The highest BCUT2D eigenvalue weighted by molar-refractivity contribution is 5.94. The lowest BCUT2D eigenvalue weighted by atomic mass is 10.2. The number of hydrogen-bond acceptors (Lipinski definition) is 2. The standard InChI is InChI=1S/C15H13F3N2O/c16-15(17,18)13-8-4-7-12(20-13)9-10-19-14(21)11-5-2-1-3-6-11/h1-8H,9-10H2,(H,19,21). The van der Waals surface area contributed by atoms with E-state index in [-0.39, 0.29) is 24.6 Å². The van der Waals surface area contributed by atoms with Crippen LogP contribution in [0.5, 0.6) is 0 Å². The molecule has 0 unspecified atom stereocenters. The van der Waals surface area contributed by atoms with Crippen LogP contribution in [-0.2, 0) is 12.6 Å². The number of halogens is 3. The summed E-state index contributed by atoms with van der Waals surface area (Å²) in [4.78, 5) is 15.3. The van der Waals surface area contributed by atoms with Gasteiger partial charge >= 0.3 is 6.18 Å². The molecule has 6 heteroatoms. The lowest BCUT2D eigenvalue weighted by Crippen LogP contribution is -2.26. The second kappa shape index (κ2) is 6.39. The fourth-order valence-electron chi connectivity index (χ4n) is 1.77. The number of carbonyl (C=O) groups is 1. The lowest BCUT2D eigenvalue weighted by Gasteiger charge is -2.08. The Balaban J connectivity index is 1.91. The zero-order valence-corrected chi connectivity index (χ0v) is 11.0. The third-order valence-electron chi connectivity index (χ3n) is 2.80. The Labute approximate surface area is 119 Å². The summed E-state index contributed by atoms with van der Waals surface area (Å²) in [5.74, 6) is -0.262. The number of aromatic nitrogens is 1. The molecule has 0 radical (unpaired) electrons. The van der Waals surface area contributed by atoms with E-state index in [9.17, 15) is 18.0 Å². The average molecular weight is 294 g/mol. The number of amides is 1. The normalized spacial score (nSPS) is 11.2. The van der Waals surface area contributed by atoms with Crippen molar-refractivity contribution in [1.29, 1.82) is 0 Å². The second-order valence-electron chi connectivity index (χ2n) is 4.38. The van der Waals surface area contributed by atoms with Crippen molar-refractivity contribution in [2.45, 2.75) is 12.6 Å². The molecular formula is C15H13F3N2O. The summed E-state index contributed by atoms with van der Waals surface area (Å²) in [5.41, 5.74) is -0.123. The van der Waals surface area contributed by atoms with Gasteiger partial charge < -0.3 is 5.32 Å². The summed E-state index contributed by atoms with van der Waals surface area (Å²) in [5, 5.41) is 2.65. The Hall–Kier alpha value is -2.37. The monoisotopic (exact) mass is 294 g/mol. The molecule has 0 spiro atoms. The van der Waals surface area contributed by atoms with Gasteiger partial charge in [-0.25, -0.2) is 4.98 Å². The summed E-state index contributed by atoms with van der Waals surface area (Å²) in [6, 6.07) is 12.3. The molecular weight excluding hydrogens is 281 g/mol. The van der Waals surface area contributed by atoms with Crippen molar-refractivity contribution in [3.63, 3.8) is 0 Å². The molecule has 1 aromatic heterocycles. The van der Waals surface area contributed by atoms with Gasteiger partial charge in [0, 0.05) is 24.2 Å². The van der Waals surface area contributed by atoms with Crippen molar-refractivity contribution in [1.82, 2.24) is 10.3 Å². The quantitative estimate of drug-likeness (QED) is 0.941. The third kappa shape index (κ3) is 4.30. The maximum absolute atomic E-state index is 12.5. The first kappa shape index (κ1) is 15.0. The van der Waals surface area contributed by atoms with E-state index in [1.54, 1.807) is 30.3 Å². The van der Waals surface area contributed by atoms with Crippen molar-refractivity contribution in [3.05, 3.63) is 65.5 Å². The van der Waals surface area contributed by atoms with E-state index in [2.05, 4.69) is 10.3 Å². The molecule has 0 aliphatic heterocycles. The van der Waals surface area contributed by atoms with E-state index in [0.717, 1.165) is 6.07 Å². The number of alkyl halides is 3. The van der Waals surface area contributed by atoms with Crippen molar-refractivity contribution >= 4 is 5.91 Å². The highest BCUT2D eigenvalue weighted by Crippen LogP contribution is 2.27. The van der Waals surface area contributed by atoms with E-state index in [1.807, 2.05) is 0 Å². The summed E-state index contributed by atoms with van der Waals surface area (Å²) < 4.78 is 37.5. The summed E-state index contributed by atoms with van der Waals surface area (Å²) in [6.45, 7) is 0.224. The number of pyridine rings is 1. The number of rotatable bonds is 4. The van der Waals surface area contributed by atoms with Gasteiger partial charge in [0.05, 0.1) is 0 Å². The number of nitrogens with zero attached hydrogens (tertiary/aromatic N) is 1. The molecule has 1 heterocycles. The molecule has 1 amide bonds. The van der Waals surface area contributed by atoms with Crippen LogP contribution in [0.15, 0.2) is 48.5 Å². The minimum atomic E-state index is -4.46. The Morgan fingerprint density at radius 1 is 1.05 bits per heavy atom. The highest BCUT2D eigenvalue weighted by atomic mass is 19.4. The Bertz CT molecular complexity index is 612. The molecule has 0 fully saturated rings. The van der Waals surface area contributed by atoms with Crippen LogP contribution in [0.3, 0.4) is 0 Å². The molecule has 21 heavy (non-hydrogen) atoms. The molecule has 110 valence electrons. The fourth-order valence-corrected chi connectivity index (χ4v) is 1.77. The zero-order chi connectivity index (χ0) is 15.3. The first-order valence-electron chi connectivity index (χ1n) is 6.33. The number of nitrogens with one attached hydrogen (secondary N) is 1. The van der Waals surface area contributed by atoms with Crippen LogP contribution in [0.1, 0.15) is 21.7 Å². The summed E-state index contributed by atoms with van der Waals surface area (Å²) in [6.07, 6.45) is -4.22. The minimum absolute atomic E-state index is 0.224. The minimum Gasteiger partial charge on any atom is -0.352 e. The maximum atomic E-state index is 12.5. The van der Waals surface area contributed by atoms with Gasteiger partial charge in [-0.1, -0.05) is 24.3 Å². The van der Waals surface area contributed by atoms with Gasteiger partial charge in [-0.3, -0.25) is 4.79 Å². The first-order chi connectivity index (χ1) is 9.97. The molecule has 1 N–H and O–H groups in total. The van der Waals surface area contributed by atoms with Crippen LogP contribution >= 0.6 is 0 Å². The van der Waals surface area contributed by atoms with Crippen molar-refractivity contribution < 1.29 is 18.0 Å². The molecule has 2 rings (SSSR count). The Kier molecular flexibility index (Phi) is 4.57. The van der Waals surface area contributed by atoms with Gasteiger partial charge in [0.15, 0.2) is 0 Å². The molecule has 0 saturated carbocycles. The van der Waals surface area contributed by atoms with E-state index in [4.69, 9.17) is 0 Å². The highest BCUT2D eigenvalue weighted by Gasteiger charge is 2.32. The zero-order valence-electron chi connectivity index (χ0n) is 11.0. The lowest BCUT2D eigenvalue weighted by molar-refractivity contribution is -0.141. The van der Waals surface area contributed by atoms with Gasteiger partial charge in [0.25, 0.3) is 5.91 Å². The molecule has 1 aromatic carbocycles. The average Bonchev–Trinajstić information content (AvgIpc) is 2.47. The number of carbonyl (C=O) groups excluding carboxylic acids is 1. The molecule has 3 nitrogen and oxygen atoms in total. The van der Waals surface area contributed by atoms with Crippen molar-refractivity contribution in [2.75, 3.05) is 6.54 Å². The topological polar surface area (TPSA) is 42.0 Å². The van der Waals surface area contributed by atoms with Crippen LogP contribution < -0.4 is 5.32 Å². The predicted octanol–water partition coefficient (Wildman–Crippen LogP) is 3.07. The van der Waals surface area contributed by atoms with Gasteiger partial charge in [-0.2, -0.15) is 13.2 Å². The SMILES string of the molecule is O=C(NCCc1cccc(C(F)(F)F)n1)c1ccccc1. The predicted molar refractivity (Wildman–Crippen MR) is 71.7 cm³/mol. The van der Waals surface area contributed by atoms with E-state index in [0.29, 0.717) is 5.56 Å². The van der Waals surface area contributed by atoms with Crippen LogP contribution in [0.2, 0.25) is 0 Å². The molecule has 0 saturated heterocycles. The third-order valence-corrected chi connectivity index (χ3v) is 2.80. The van der Waals surface area contributed by atoms with Crippen LogP contribution in [-0.4, -0.2) is 17.4 Å². The second-order valence-corrected chi connectivity index (χ2v) is 4.38. The van der Waals surface area contributed by atoms with E-state index >= 15 is 0 Å². The largest absolute Gasteiger partial charge is 0.433 e. The summed E-state index contributed by atoms with van der Waals surface area (Å²) in [7, 11) is 0. The molecule has 0 aliphatic carbocycles. The van der Waals surface area contributed by atoms with Gasteiger partial charge in [-0.15, -0.1) is 0 Å². The first-order valence-corrected chi connectivity index (χ1v) is 6.33. The number of benzene rings is 1. The van der Waals surface area contributed by atoms with Gasteiger partial charge in [0.2, 0.25) is 0 Å².